The van der Waals surface area contributed by atoms with Gasteiger partial charge in [0.1, 0.15) is 5.58 Å². The smallest absolute Gasteiger partial charge is 0.336 e. The first-order valence-corrected chi connectivity index (χ1v) is 7.80. The minimum atomic E-state index is -0.729. The Kier molecular flexibility index (Phi) is 5.07. The lowest BCUT2D eigenvalue weighted by Gasteiger charge is -2.27. The van der Waals surface area contributed by atoms with Crippen LogP contribution in [0, 0.1) is 11.3 Å². The molecule has 0 aliphatic carbocycles. The van der Waals surface area contributed by atoms with E-state index in [4.69, 9.17) is 4.42 Å². The molecule has 24 heavy (non-hydrogen) atoms. The summed E-state index contributed by atoms with van der Waals surface area (Å²) in [6.45, 7) is 8.69. The van der Waals surface area contributed by atoms with Crippen LogP contribution < -0.4 is 16.3 Å². The third-order valence-corrected chi connectivity index (χ3v) is 4.13. The number of carbonyl (C=O) groups is 2. The van der Waals surface area contributed by atoms with Crippen LogP contribution in [0.4, 0.5) is 5.69 Å². The number of nitrogens with one attached hydrogen (secondary N) is 2. The summed E-state index contributed by atoms with van der Waals surface area (Å²) in [5, 5.41) is 5.84. The lowest BCUT2D eigenvalue weighted by atomic mass is 9.82. The fourth-order valence-corrected chi connectivity index (χ4v) is 1.97. The quantitative estimate of drug-likeness (QED) is 0.668. The van der Waals surface area contributed by atoms with Crippen molar-refractivity contribution in [1.82, 2.24) is 5.32 Å². The highest BCUT2D eigenvalue weighted by atomic mass is 16.4. The minimum absolute atomic E-state index is 0.0476. The minimum Gasteiger partial charge on any atom is -0.423 e. The molecule has 1 unspecified atom stereocenters. The molecule has 0 spiro atoms. The maximum absolute atomic E-state index is 12.0. The summed E-state index contributed by atoms with van der Waals surface area (Å²) in [4.78, 5) is 35.0. The van der Waals surface area contributed by atoms with E-state index in [1.54, 1.807) is 24.3 Å². The van der Waals surface area contributed by atoms with Gasteiger partial charge in [0.05, 0.1) is 0 Å². The van der Waals surface area contributed by atoms with Gasteiger partial charge in [-0.25, -0.2) is 4.79 Å². The van der Waals surface area contributed by atoms with Gasteiger partial charge in [-0.2, -0.15) is 0 Å². The zero-order valence-electron chi connectivity index (χ0n) is 14.3. The number of rotatable bonds is 3. The summed E-state index contributed by atoms with van der Waals surface area (Å²) in [5.74, 6) is -1.17. The van der Waals surface area contributed by atoms with Gasteiger partial charge < -0.3 is 15.1 Å². The third kappa shape index (κ3) is 4.44. The van der Waals surface area contributed by atoms with Crippen molar-refractivity contribution >= 4 is 28.5 Å². The zero-order chi connectivity index (χ0) is 17.9. The molecule has 128 valence electrons. The number of fused-ring (bicyclic) bond motifs is 1. The number of amides is 2. The van der Waals surface area contributed by atoms with Gasteiger partial charge in [0.2, 0.25) is 0 Å². The van der Waals surface area contributed by atoms with Gasteiger partial charge in [0, 0.05) is 23.7 Å². The molecular formula is C18H22N2O4. The summed E-state index contributed by atoms with van der Waals surface area (Å²) in [6, 6.07) is 7.69. The summed E-state index contributed by atoms with van der Waals surface area (Å²) in [5.41, 5.74) is 0.488. The van der Waals surface area contributed by atoms with Crippen LogP contribution in [0.15, 0.2) is 39.5 Å². The number of anilines is 1. The van der Waals surface area contributed by atoms with Crippen molar-refractivity contribution < 1.29 is 14.0 Å². The van der Waals surface area contributed by atoms with E-state index in [9.17, 15) is 14.4 Å². The standard InChI is InChI=1S/C18H22N2O4/c1-11(18(2,3)4)10-19-16(22)17(23)20-13-6-7-14-12(9-13)5-8-15(21)24-14/h5-9,11H,10H2,1-4H3,(H,19,22)(H,20,23). The summed E-state index contributed by atoms with van der Waals surface area (Å²) < 4.78 is 5.02. The van der Waals surface area contributed by atoms with Gasteiger partial charge in [-0.05, 0) is 35.6 Å². The van der Waals surface area contributed by atoms with Crippen molar-refractivity contribution in [3.63, 3.8) is 0 Å². The normalized spacial score (nSPS) is 12.7. The Hall–Kier alpha value is -2.63. The number of hydrogen-bond acceptors (Lipinski definition) is 4. The molecule has 1 heterocycles. The molecule has 0 bridgehead atoms. The maximum Gasteiger partial charge on any atom is 0.336 e. The fourth-order valence-electron chi connectivity index (χ4n) is 1.97. The molecule has 2 rings (SSSR count). The van der Waals surface area contributed by atoms with Crippen LogP contribution >= 0.6 is 0 Å². The first-order valence-electron chi connectivity index (χ1n) is 7.80. The molecule has 2 N–H and O–H groups in total. The first kappa shape index (κ1) is 17.7. The van der Waals surface area contributed by atoms with Gasteiger partial charge in [0.25, 0.3) is 0 Å². The molecule has 1 atom stereocenters. The van der Waals surface area contributed by atoms with Gasteiger partial charge in [-0.15, -0.1) is 0 Å². The molecule has 6 nitrogen and oxygen atoms in total. The lowest BCUT2D eigenvalue weighted by Crippen LogP contribution is -2.40. The van der Waals surface area contributed by atoms with Crippen molar-refractivity contribution in [2.24, 2.45) is 11.3 Å². The van der Waals surface area contributed by atoms with Gasteiger partial charge >= 0.3 is 17.4 Å². The Balaban J connectivity index is 2.00. The predicted octanol–water partition coefficient (Wildman–Crippen LogP) is 2.53. The Morgan fingerprint density at radius 1 is 1.12 bits per heavy atom. The number of carbonyl (C=O) groups excluding carboxylic acids is 2. The second-order valence-corrected chi connectivity index (χ2v) is 6.94. The van der Waals surface area contributed by atoms with Crippen molar-refractivity contribution in [2.75, 3.05) is 11.9 Å². The van der Waals surface area contributed by atoms with E-state index in [1.165, 1.54) is 6.07 Å². The van der Waals surface area contributed by atoms with Crippen molar-refractivity contribution in [3.05, 3.63) is 40.8 Å². The van der Waals surface area contributed by atoms with Crippen molar-refractivity contribution in [2.45, 2.75) is 27.7 Å². The van der Waals surface area contributed by atoms with Crippen LogP contribution in [0.2, 0.25) is 0 Å². The van der Waals surface area contributed by atoms with Crippen LogP contribution in [0.3, 0.4) is 0 Å². The summed E-state index contributed by atoms with van der Waals surface area (Å²) in [7, 11) is 0. The van der Waals surface area contributed by atoms with Crippen molar-refractivity contribution in [3.8, 4) is 0 Å². The van der Waals surface area contributed by atoms with Gasteiger partial charge in [-0.1, -0.05) is 27.7 Å². The van der Waals surface area contributed by atoms with E-state index in [1.807, 2.05) is 6.92 Å². The fraction of sp³-hybridized carbons (Fsp3) is 0.389. The molecule has 2 aromatic rings. The molecule has 0 fully saturated rings. The third-order valence-electron chi connectivity index (χ3n) is 4.13. The summed E-state index contributed by atoms with van der Waals surface area (Å²) in [6.07, 6.45) is 0. The monoisotopic (exact) mass is 330 g/mol. The van der Waals surface area contributed by atoms with Gasteiger partial charge in [0.15, 0.2) is 0 Å². The predicted molar refractivity (Wildman–Crippen MR) is 92.7 cm³/mol. The molecule has 0 aliphatic heterocycles. The maximum atomic E-state index is 12.0. The first-order chi connectivity index (χ1) is 11.2. The van der Waals surface area contributed by atoms with E-state index in [-0.39, 0.29) is 11.3 Å². The Labute approximate surface area is 140 Å². The molecule has 1 aromatic heterocycles. The Morgan fingerprint density at radius 3 is 2.50 bits per heavy atom. The Morgan fingerprint density at radius 2 is 1.83 bits per heavy atom. The van der Waals surface area contributed by atoms with E-state index >= 15 is 0 Å². The zero-order valence-corrected chi connectivity index (χ0v) is 14.3. The highest BCUT2D eigenvalue weighted by Gasteiger charge is 2.22. The molecule has 6 heteroatoms. The van der Waals surface area contributed by atoms with E-state index in [0.717, 1.165) is 0 Å². The van der Waals surface area contributed by atoms with Crippen LogP contribution in [-0.2, 0) is 9.59 Å². The second kappa shape index (κ2) is 6.86. The SMILES string of the molecule is CC(CNC(=O)C(=O)Nc1ccc2oc(=O)ccc2c1)C(C)(C)C. The van der Waals surface area contributed by atoms with Crippen LogP contribution in [0.25, 0.3) is 11.0 Å². The van der Waals surface area contributed by atoms with E-state index in [2.05, 4.69) is 31.4 Å². The van der Waals surface area contributed by atoms with Crippen molar-refractivity contribution in [1.29, 1.82) is 0 Å². The average Bonchev–Trinajstić information content (AvgIpc) is 2.51. The molecule has 0 saturated heterocycles. The molecular weight excluding hydrogens is 308 g/mol. The molecule has 1 aromatic carbocycles. The summed E-state index contributed by atoms with van der Waals surface area (Å²) >= 11 is 0. The molecule has 0 aliphatic rings. The van der Waals surface area contributed by atoms with Crippen LogP contribution in [0.5, 0.6) is 0 Å². The van der Waals surface area contributed by atoms with Crippen LogP contribution in [-0.4, -0.2) is 18.4 Å². The Bertz CT molecular complexity index is 818. The largest absolute Gasteiger partial charge is 0.423 e. The van der Waals surface area contributed by atoms with Gasteiger partial charge in [-0.3, -0.25) is 9.59 Å². The second-order valence-electron chi connectivity index (χ2n) is 6.94. The topological polar surface area (TPSA) is 88.4 Å². The molecule has 0 radical (unpaired) electrons. The van der Waals surface area contributed by atoms with Crippen LogP contribution in [0.1, 0.15) is 27.7 Å². The highest BCUT2D eigenvalue weighted by molar-refractivity contribution is 6.39. The number of hydrogen-bond donors (Lipinski definition) is 2. The molecule has 0 saturated carbocycles. The van der Waals surface area contributed by atoms with E-state index in [0.29, 0.717) is 23.2 Å². The number of benzene rings is 1. The molecule has 2 amide bonds. The average molecular weight is 330 g/mol. The van der Waals surface area contributed by atoms with E-state index < -0.39 is 17.4 Å². The highest BCUT2D eigenvalue weighted by Crippen LogP contribution is 2.24. The lowest BCUT2D eigenvalue weighted by molar-refractivity contribution is -0.136.